The van der Waals surface area contributed by atoms with Crippen molar-refractivity contribution in [1.29, 1.82) is 0 Å². The molecule has 3 amide bonds. The molecule has 6 rings (SSSR count). The number of aromatic nitrogens is 1. The summed E-state index contributed by atoms with van der Waals surface area (Å²) in [6, 6.07) is 16.7. The number of phenols is 1. The summed E-state index contributed by atoms with van der Waals surface area (Å²) in [7, 11) is 0. The number of ether oxygens (including phenoxy) is 1. The number of imide groups is 1. The third-order valence-corrected chi connectivity index (χ3v) is 9.44. The van der Waals surface area contributed by atoms with E-state index in [1.165, 1.54) is 36.4 Å². The molecule has 1 saturated heterocycles. The minimum atomic E-state index is -4.82. The van der Waals surface area contributed by atoms with Crippen molar-refractivity contribution in [2.24, 2.45) is 5.92 Å². The number of aromatic amines is 1. The van der Waals surface area contributed by atoms with Crippen LogP contribution in [0.2, 0.25) is 0 Å². The number of halogens is 3. The third kappa shape index (κ3) is 5.27. The summed E-state index contributed by atoms with van der Waals surface area (Å²) in [5, 5.41) is 11.3. The molecule has 14 heteroatoms. The van der Waals surface area contributed by atoms with Crippen LogP contribution < -0.4 is 19.8 Å². The number of rotatable bonds is 6. The van der Waals surface area contributed by atoms with E-state index in [2.05, 4.69) is 10.3 Å². The molecule has 9 nitrogen and oxygen atoms in total. The van der Waals surface area contributed by atoms with Gasteiger partial charge in [-0.05, 0) is 42.5 Å². The largest absolute Gasteiger partial charge is 0.508 e. The second-order valence-corrected chi connectivity index (χ2v) is 11.9. The van der Waals surface area contributed by atoms with Gasteiger partial charge in [0.2, 0.25) is 11.8 Å². The molecular formula is C29H20F3N3O6S2. The Morgan fingerprint density at radius 3 is 2.42 bits per heavy atom. The third-order valence-electron chi connectivity index (χ3n) is 7.04. The highest BCUT2D eigenvalue weighted by atomic mass is 32.2. The molecule has 0 spiro atoms. The highest BCUT2D eigenvalue weighted by molar-refractivity contribution is 8.00. The standard InChI is InChI=1S/C29H20F3N3O6S2/c30-29(31,32)17-6-2-3-7-18(17)35-26(38)22-21(23-25(34-28(40)43-23)42-24(22)27(35)39)16-5-1-4-8-19(16)41-13-20(37)33-14-9-11-15(36)12-10-14/h1-12,21-22,24,36H,13H2,(H,33,37)(H,34,40)/t21-,22?,24?/m1/s1. The number of hydrogen-bond acceptors (Lipinski definition) is 8. The van der Waals surface area contributed by atoms with E-state index in [9.17, 15) is 37.5 Å². The lowest BCUT2D eigenvalue weighted by Gasteiger charge is -2.30. The van der Waals surface area contributed by atoms with Crippen LogP contribution in [0, 0.1) is 5.92 Å². The number of amides is 3. The molecule has 3 atom stereocenters. The fourth-order valence-electron chi connectivity index (χ4n) is 5.25. The Bertz CT molecular complexity index is 1800. The van der Waals surface area contributed by atoms with Gasteiger partial charge in [0.25, 0.3) is 5.91 Å². The van der Waals surface area contributed by atoms with Crippen LogP contribution in [0.5, 0.6) is 11.5 Å². The van der Waals surface area contributed by atoms with Crippen molar-refractivity contribution in [3.05, 3.63) is 98.5 Å². The number of nitrogens with zero attached hydrogens (tertiary/aromatic N) is 1. The zero-order chi connectivity index (χ0) is 30.5. The second kappa shape index (κ2) is 10.9. The van der Waals surface area contributed by atoms with Crippen molar-refractivity contribution in [2.75, 3.05) is 16.8 Å². The summed E-state index contributed by atoms with van der Waals surface area (Å²) in [6.45, 7) is -0.443. The first-order valence-electron chi connectivity index (χ1n) is 12.8. The number of hydrogen-bond donors (Lipinski definition) is 3. The topological polar surface area (TPSA) is 129 Å². The number of thiazole rings is 1. The molecule has 0 radical (unpaired) electrons. The van der Waals surface area contributed by atoms with Crippen LogP contribution in [-0.2, 0) is 20.6 Å². The summed E-state index contributed by atoms with van der Waals surface area (Å²) in [6.07, 6.45) is -4.82. The molecule has 3 heterocycles. The summed E-state index contributed by atoms with van der Waals surface area (Å²) in [5.74, 6) is -4.05. The van der Waals surface area contributed by atoms with Gasteiger partial charge in [-0.1, -0.05) is 53.4 Å². The molecule has 1 fully saturated rings. The number of phenolic OH excluding ortho intramolecular Hbond substituents is 1. The molecule has 3 N–H and O–H groups in total. The Morgan fingerprint density at radius 1 is 0.977 bits per heavy atom. The maximum atomic E-state index is 14.0. The summed E-state index contributed by atoms with van der Waals surface area (Å²) >= 11 is 1.77. The number of alkyl halides is 3. The van der Waals surface area contributed by atoms with E-state index in [0.29, 0.717) is 26.1 Å². The van der Waals surface area contributed by atoms with E-state index in [1.54, 1.807) is 24.3 Å². The van der Waals surface area contributed by atoms with Gasteiger partial charge in [0.05, 0.1) is 22.2 Å². The molecule has 0 saturated carbocycles. The Balaban J connectivity index is 1.36. The lowest BCUT2D eigenvalue weighted by Crippen LogP contribution is -2.33. The van der Waals surface area contributed by atoms with Crippen LogP contribution >= 0.6 is 23.1 Å². The first-order chi connectivity index (χ1) is 20.5. The van der Waals surface area contributed by atoms with Crippen LogP contribution in [-0.4, -0.2) is 39.7 Å². The van der Waals surface area contributed by atoms with Crippen molar-refractivity contribution in [2.45, 2.75) is 22.4 Å². The number of benzene rings is 3. The normalized spacial score (nSPS) is 19.6. The quantitative estimate of drug-likeness (QED) is 0.203. The summed E-state index contributed by atoms with van der Waals surface area (Å²) in [4.78, 5) is 55.9. The average Bonchev–Trinajstić information content (AvgIpc) is 3.47. The number of aromatic hydroxyl groups is 1. The maximum Gasteiger partial charge on any atom is 0.418 e. The molecule has 4 aromatic rings. The lowest BCUT2D eigenvalue weighted by molar-refractivity contribution is -0.137. The van der Waals surface area contributed by atoms with E-state index in [0.717, 1.165) is 35.2 Å². The number of para-hydroxylation sites is 2. The van der Waals surface area contributed by atoms with Crippen LogP contribution in [0.3, 0.4) is 0 Å². The van der Waals surface area contributed by atoms with Gasteiger partial charge in [-0.3, -0.25) is 19.2 Å². The Kier molecular flexibility index (Phi) is 7.26. The number of nitrogens with one attached hydrogen (secondary N) is 2. The summed E-state index contributed by atoms with van der Waals surface area (Å²) in [5.41, 5.74) is -0.879. The van der Waals surface area contributed by atoms with E-state index in [1.807, 2.05) is 0 Å². The number of carbonyl (C=O) groups is 3. The predicted molar refractivity (Wildman–Crippen MR) is 153 cm³/mol. The van der Waals surface area contributed by atoms with Gasteiger partial charge in [-0.15, -0.1) is 0 Å². The minimum absolute atomic E-state index is 0.0268. The SMILES string of the molecule is O=C(COc1ccccc1[C@H]1c2sc(=O)[nH]c2SC2C(=O)N(c3ccccc3C(F)(F)F)C(=O)C21)Nc1ccc(O)cc1. The summed E-state index contributed by atoms with van der Waals surface area (Å²) < 4.78 is 47.5. The number of fused-ring (bicyclic) bond motifs is 2. The predicted octanol–water partition coefficient (Wildman–Crippen LogP) is 4.97. The first kappa shape index (κ1) is 28.6. The second-order valence-electron chi connectivity index (χ2n) is 9.70. The maximum absolute atomic E-state index is 14.0. The van der Waals surface area contributed by atoms with Crippen LogP contribution in [0.1, 0.15) is 21.9 Å². The number of anilines is 2. The van der Waals surface area contributed by atoms with E-state index >= 15 is 0 Å². The van der Waals surface area contributed by atoms with Gasteiger partial charge in [0.1, 0.15) is 16.7 Å². The van der Waals surface area contributed by atoms with Crippen LogP contribution in [0.15, 0.2) is 82.6 Å². The van der Waals surface area contributed by atoms with Gasteiger partial charge in [-0.25, -0.2) is 4.90 Å². The molecule has 0 bridgehead atoms. The average molecular weight is 628 g/mol. The molecule has 0 aliphatic carbocycles. The van der Waals surface area contributed by atoms with E-state index < -0.39 is 63.7 Å². The Labute approximate surface area is 249 Å². The van der Waals surface area contributed by atoms with Crippen molar-refractivity contribution in [1.82, 2.24) is 4.98 Å². The fraction of sp³-hybridized carbons (Fsp3) is 0.172. The van der Waals surface area contributed by atoms with E-state index in [4.69, 9.17) is 4.74 Å². The minimum Gasteiger partial charge on any atom is -0.508 e. The lowest BCUT2D eigenvalue weighted by atomic mass is 9.82. The fourth-order valence-corrected chi connectivity index (χ4v) is 7.76. The van der Waals surface area contributed by atoms with Crippen molar-refractivity contribution in [3.63, 3.8) is 0 Å². The molecule has 43 heavy (non-hydrogen) atoms. The highest BCUT2D eigenvalue weighted by Gasteiger charge is 2.57. The van der Waals surface area contributed by atoms with Gasteiger partial charge < -0.3 is 20.1 Å². The molecule has 3 aromatic carbocycles. The van der Waals surface area contributed by atoms with Gasteiger partial charge in [0, 0.05) is 22.0 Å². The van der Waals surface area contributed by atoms with Crippen molar-refractivity contribution >= 4 is 52.2 Å². The van der Waals surface area contributed by atoms with Crippen molar-refractivity contribution in [3.8, 4) is 11.5 Å². The molecule has 220 valence electrons. The zero-order valence-electron chi connectivity index (χ0n) is 21.8. The van der Waals surface area contributed by atoms with Gasteiger partial charge in [0.15, 0.2) is 6.61 Å². The zero-order valence-corrected chi connectivity index (χ0v) is 23.4. The molecular weight excluding hydrogens is 607 g/mol. The van der Waals surface area contributed by atoms with E-state index in [-0.39, 0.29) is 11.5 Å². The van der Waals surface area contributed by atoms with Gasteiger partial charge >= 0.3 is 11.0 Å². The molecule has 2 unspecified atom stereocenters. The monoisotopic (exact) mass is 627 g/mol. The Morgan fingerprint density at radius 2 is 1.67 bits per heavy atom. The number of carbonyl (C=O) groups excluding carboxylic acids is 3. The highest BCUT2D eigenvalue weighted by Crippen LogP contribution is 2.55. The molecule has 2 aliphatic rings. The number of thioether (sulfide) groups is 1. The van der Waals surface area contributed by atoms with Gasteiger partial charge in [-0.2, -0.15) is 13.2 Å². The Hall–Kier alpha value is -4.56. The van der Waals surface area contributed by atoms with Crippen LogP contribution in [0.4, 0.5) is 24.5 Å². The van der Waals surface area contributed by atoms with Crippen LogP contribution in [0.25, 0.3) is 0 Å². The molecule has 2 aliphatic heterocycles. The first-order valence-corrected chi connectivity index (χ1v) is 14.5. The smallest absolute Gasteiger partial charge is 0.418 e. The molecule has 1 aromatic heterocycles. The number of H-pyrrole nitrogens is 1. The van der Waals surface area contributed by atoms with Crippen molar-refractivity contribution < 1.29 is 37.4 Å².